The van der Waals surface area contributed by atoms with E-state index in [9.17, 15) is 4.79 Å². The van der Waals surface area contributed by atoms with Crippen LogP contribution in [0.25, 0.3) is 11.0 Å². The van der Waals surface area contributed by atoms with Crippen molar-refractivity contribution in [2.45, 2.75) is 76.3 Å². The van der Waals surface area contributed by atoms with Crippen molar-refractivity contribution in [3.05, 3.63) is 36.3 Å². The molecule has 2 N–H and O–H groups in total. The van der Waals surface area contributed by atoms with Crippen molar-refractivity contribution in [3.63, 3.8) is 0 Å². The molecule has 0 aromatic carbocycles. The summed E-state index contributed by atoms with van der Waals surface area (Å²) in [6.07, 6.45) is 16.7. The summed E-state index contributed by atoms with van der Waals surface area (Å²) in [4.78, 5) is 34.1. The summed E-state index contributed by atoms with van der Waals surface area (Å²) in [5.74, 6) is 3.15. The lowest BCUT2D eigenvalue weighted by Crippen LogP contribution is -2.51. The minimum atomic E-state index is 0.00231. The van der Waals surface area contributed by atoms with Crippen LogP contribution in [0.4, 0.5) is 17.5 Å². The quantitative estimate of drug-likeness (QED) is 0.389. The third-order valence-electron chi connectivity index (χ3n) is 10.9. The Bertz CT molecular complexity index is 1410. The average Bonchev–Trinajstić information content (AvgIpc) is 3.73. The number of amides is 1. The lowest BCUT2D eigenvalue weighted by Gasteiger charge is -2.44. The van der Waals surface area contributed by atoms with Crippen LogP contribution in [0.1, 0.15) is 80.7 Å². The largest absolute Gasteiger partial charge is 0.368 e. The second-order valence-corrected chi connectivity index (χ2v) is 13.7. The van der Waals surface area contributed by atoms with E-state index in [-0.39, 0.29) is 5.91 Å². The molecule has 0 spiro atoms. The fourth-order valence-corrected chi connectivity index (χ4v) is 8.35. The van der Waals surface area contributed by atoms with Crippen molar-refractivity contribution in [2.75, 3.05) is 63.6 Å². The number of piperazine rings is 1. The van der Waals surface area contributed by atoms with Gasteiger partial charge in [-0.3, -0.25) is 9.69 Å². The lowest BCUT2D eigenvalue weighted by atomic mass is 9.74. The third kappa shape index (κ3) is 6.15. The molecule has 2 saturated carbocycles. The van der Waals surface area contributed by atoms with Gasteiger partial charge in [-0.15, -0.1) is 0 Å². The Labute approximate surface area is 261 Å². The molecule has 4 fully saturated rings. The van der Waals surface area contributed by atoms with Gasteiger partial charge >= 0.3 is 0 Å². The first-order chi connectivity index (χ1) is 21.5. The number of anilines is 3. The highest BCUT2D eigenvalue weighted by molar-refractivity contribution is 5.97. The summed E-state index contributed by atoms with van der Waals surface area (Å²) in [6, 6.07) is 7.18. The van der Waals surface area contributed by atoms with E-state index < -0.39 is 0 Å². The summed E-state index contributed by atoms with van der Waals surface area (Å²) in [6.45, 7) is 6.81. The van der Waals surface area contributed by atoms with E-state index >= 15 is 0 Å². The summed E-state index contributed by atoms with van der Waals surface area (Å²) in [7, 11) is 3.60. The molecule has 3 aromatic heterocycles. The van der Waals surface area contributed by atoms with Gasteiger partial charge in [0.15, 0.2) is 0 Å². The maximum absolute atomic E-state index is 13.0. The number of fused-ring (bicyclic) bond motifs is 1. The molecule has 10 nitrogen and oxygen atoms in total. The molecule has 236 valence electrons. The zero-order valence-corrected chi connectivity index (χ0v) is 26.5. The van der Waals surface area contributed by atoms with E-state index in [1.54, 1.807) is 19.0 Å². The maximum Gasteiger partial charge on any atom is 0.270 e. The van der Waals surface area contributed by atoms with Gasteiger partial charge in [-0.1, -0.05) is 12.8 Å². The van der Waals surface area contributed by atoms with Crippen LogP contribution in [0.3, 0.4) is 0 Å². The highest BCUT2D eigenvalue weighted by atomic mass is 16.2. The summed E-state index contributed by atoms with van der Waals surface area (Å²) < 4.78 is 2.15. The van der Waals surface area contributed by atoms with Crippen LogP contribution >= 0.6 is 0 Å². The second-order valence-electron chi connectivity index (χ2n) is 13.7. The predicted octanol–water partition coefficient (Wildman–Crippen LogP) is 5.07. The minimum absolute atomic E-state index is 0.00231. The van der Waals surface area contributed by atoms with Gasteiger partial charge in [0.1, 0.15) is 17.2 Å². The van der Waals surface area contributed by atoms with Crippen LogP contribution < -0.4 is 15.5 Å². The SMILES string of the molecule is CN(C)C(=O)c1cc2cnc(Nc3ccc(N4CCN(C5CCC(C6CCNCC6)CC5)CC4)cn3)nc2n1C1CCCC1. The van der Waals surface area contributed by atoms with Crippen LogP contribution in [0, 0.1) is 11.8 Å². The topological polar surface area (TPSA) is 94.5 Å². The highest BCUT2D eigenvalue weighted by Crippen LogP contribution is 2.37. The van der Waals surface area contributed by atoms with Crippen LogP contribution in [-0.2, 0) is 0 Å². The first-order valence-electron chi connectivity index (χ1n) is 17.1. The molecule has 2 aliphatic carbocycles. The van der Waals surface area contributed by atoms with Crippen molar-refractivity contribution >= 4 is 34.4 Å². The Morgan fingerprint density at radius 1 is 0.864 bits per heavy atom. The maximum atomic E-state index is 13.0. The van der Waals surface area contributed by atoms with Gasteiger partial charge < -0.3 is 25.0 Å². The van der Waals surface area contributed by atoms with Gasteiger partial charge in [0.25, 0.3) is 5.91 Å². The first-order valence-corrected chi connectivity index (χ1v) is 17.1. The normalized spacial score (nSPS) is 24.2. The Hall–Kier alpha value is -3.24. The molecule has 10 heteroatoms. The van der Waals surface area contributed by atoms with Gasteiger partial charge in [-0.2, -0.15) is 4.98 Å². The van der Waals surface area contributed by atoms with Gasteiger partial charge in [-0.05, 0) is 94.5 Å². The van der Waals surface area contributed by atoms with E-state index in [0.717, 1.165) is 73.7 Å². The predicted molar refractivity (Wildman–Crippen MR) is 176 cm³/mol. The molecule has 1 amide bonds. The molecule has 0 radical (unpaired) electrons. The Morgan fingerprint density at radius 2 is 1.59 bits per heavy atom. The molecule has 44 heavy (non-hydrogen) atoms. The van der Waals surface area contributed by atoms with Gasteiger partial charge in [0, 0.05) is 63.9 Å². The number of pyridine rings is 1. The summed E-state index contributed by atoms with van der Waals surface area (Å²) >= 11 is 0. The molecule has 5 heterocycles. The van der Waals surface area contributed by atoms with E-state index in [2.05, 4.69) is 36.1 Å². The number of piperidine rings is 1. The van der Waals surface area contributed by atoms with Crippen molar-refractivity contribution in [1.29, 1.82) is 0 Å². The van der Waals surface area contributed by atoms with Gasteiger partial charge in [0.05, 0.1) is 11.9 Å². The number of hydrogen-bond donors (Lipinski definition) is 2. The van der Waals surface area contributed by atoms with Crippen molar-refractivity contribution < 1.29 is 4.79 Å². The van der Waals surface area contributed by atoms with Crippen molar-refractivity contribution in [2.24, 2.45) is 11.8 Å². The van der Waals surface area contributed by atoms with Crippen LogP contribution in [0.5, 0.6) is 0 Å². The molecule has 2 aliphatic heterocycles. The fraction of sp³-hybridized carbons (Fsp3) is 0.647. The van der Waals surface area contributed by atoms with E-state index in [0.29, 0.717) is 17.7 Å². The molecule has 0 atom stereocenters. The molecule has 2 saturated heterocycles. The molecule has 0 unspecified atom stereocenters. The van der Waals surface area contributed by atoms with Gasteiger partial charge in [-0.25, -0.2) is 9.97 Å². The fourth-order valence-electron chi connectivity index (χ4n) is 8.35. The molecule has 0 bridgehead atoms. The van der Waals surface area contributed by atoms with E-state index in [1.165, 1.54) is 70.1 Å². The Morgan fingerprint density at radius 3 is 2.27 bits per heavy atom. The van der Waals surface area contributed by atoms with E-state index in [4.69, 9.17) is 9.97 Å². The Balaban J connectivity index is 0.961. The van der Waals surface area contributed by atoms with Crippen molar-refractivity contribution in [1.82, 2.24) is 34.6 Å². The summed E-state index contributed by atoms with van der Waals surface area (Å²) in [5.41, 5.74) is 2.67. The number of rotatable bonds is 7. The molecule has 4 aliphatic rings. The number of hydrogen-bond acceptors (Lipinski definition) is 8. The van der Waals surface area contributed by atoms with Crippen LogP contribution in [-0.4, -0.2) is 94.6 Å². The van der Waals surface area contributed by atoms with E-state index in [1.807, 2.05) is 24.5 Å². The Kier molecular flexibility index (Phi) is 8.71. The first kappa shape index (κ1) is 29.5. The monoisotopic (exact) mass is 599 g/mol. The minimum Gasteiger partial charge on any atom is -0.368 e. The third-order valence-corrected chi connectivity index (χ3v) is 10.9. The lowest BCUT2D eigenvalue weighted by molar-refractivity contribution is 0.0815. The zero-order valence-electron chi connectivity index (χ0n) is 26.5. The zero-order chi connectivity index (χ0) is 30.0. The van der Waals surface area contributed by atoms with Gasteiger partial charge in [0.2, 0.25) is 5.95 Å². The molecule has 3 aromatic rings. The molecule has 7 rings (SSSR count). The molecular weight excluding hydrogens is 550 g/mol. The van der Waals surface area contributed by atoms with Crippen LogP contribution in [0.2, 0.25) is 0 Å². The number of aromatic nitrogens is 4. The number of nitrogens with zero attached hydrogens (tertiary/aromatic N) is 7. The number of carbonyl (C=O) groups excluding carboxylic acids is 1. The average molecular weight is 600 g/mol. The summed E-state index contributed by atoms with van der Waals surface area (Å²) in [5, 5.41) is 7.73. The highest BCUT2D eigenvalue weighted by Gasteiger charge is 2.32. The number of carbonyl (C=O) groups is 1. The van der Waals surface area contributed by atoms with Crippen molar-refractivity contribution in [3.8, 4) is 0 Å². The smallest absolute Gasteiger partial charge is 0.270 e. The number of nitrogens with one attached hydrogen (secondary N) is 2. The molecular formula is C34H49N9O. The van der Waals surface area contributed by atoms with Crippen LogP contribution in [0.15, 0.2) is 30.6 Å². The standard InChI is InChI=1S/C34H49N9O/c1-40(2)33(44)30-21-26-22-37-34(39-32(26)43(30)28-5-3-4-6-28)38-31-12-11-29(23-36-31)42-19-17-41(18-20-42)27-9-7-24(8-10-27)25-13-15-35-16-14-25/h11-12,21-25,27-28,35H,3-10,13-20H2,1-2H3,(H,36,37,38,39). The second kappa shape index (κ2) is 13.0.